The van der Waals surface area contributed by atoms with E-state index >= 15 is 0 Å². The van der Waals surface area contributed by atoms with Crippen molar-refractivity contribution in [2.24, 2.45) is 0 Å². The monoisotopic (exact) mass is 400 g/mol. The molecule has 5 rings (SSSR count). The van der Waals surface area contributed by atoms with Crippen LogP contribution in [0.3, 0.4) is 0 Å². The number of carbonyl (C=O) groups excluding carboxylic acids is 1. The van der Waals surface area contributed by atoms with Gasteiger partial charge < -0.3 is 4.90 Å². The van der Waals surface area contributed by atoms with E-state index in [2.05, 4.69) is 16.7 Å². The quantitative estimate of drug-likeness (QED) is 0.496. The normalized spacial score (nSPS) is 15.2. The highest BCUT2D eigenvalue weighted by molar-refractivity contribution is 7.15. The van der Waals surface area contributed by atoms with E-state index in [4.69, 9.17) is 0 Å². The van der Waals surface area contributed by atoms with Crippen LogP contribution in [-0.2, 0) is 4.79 Å². The minimum Gasteiger partial charge on any atom is -0.304 e. The molecule has 2 aromatic heterocycles. The van der Waals surface area contributed by atoms with Crippen LogP contribution in [0.15, 0.2) is 66.0 Å². The Kier molecular flexibility index (Phi) is 3.92. The van der Waals surface area contributed by atoms with Crippen molar-refractivity contribution in [1.29, 1.82) is 0 Å². The molecule has 0 aliphatic carbocycles. The average molecular weight is 400 g/mol. The van der Waals surface area contributed by atoms with Crippen LogP contribution in [-0.4, -0.2) is 27.0 Å². The van der Waals surface area contributed by atoms with Crippen LogP contribution < -0.4 is 15.0 Å². The van der Waals surface area contributed by atoms with E-state index in [1.807, 2.05) is 55.5 Å². The Morgan fingerprint density at radius 3 is 2.72 bits per heavy atom. The van der Waals surface area contributed by atoms with Crippen LogP contribution in [0, 0.1) is 6.92 Å². The molecule has 1 aliphatic heterocycles. The number of hydrogen-bond donors (Lipinski definition) is 0. The molecule has 0 N–H and O–H groups in total. The summed E-state index contributed by atoms with van der Waals surface area (Å²) in [6, 6.07) is 15.3. The fourth-order valence-electron chi connectivity index (χ4n) is 3.60. The highest BCUT2D eigenvalue weighted by atomic mass is 32.1. The van der Waals surface area contributed by atoms with E-state index in [0.29, 0.717) is 27.4 Å². The Bertz CT molecular complexity index is 1420. The molecule has 0 spiro atoms. The molecule has 29 heavy (non-hydrogen) atoms. The van der Waals surface area contributed by atoms with Gasteiger partial charge in [0.1, 0.15) is 4.53 Å². The first-order valence-electron chi connectivity index (χ1n) is 9.11. The Labute approximate surface area is 170 Å². The van der Waals surface area contributed by atoms with Crippen molar-refractivity contribution in [2.45, 2.75) is 6.92 Å². The van der Waals surface area contributed by atoms with Gasteiger partial charge in [-0.05, 0) is 19.1 Å². The Morgan fingerprint density at radius 1 is 1.14 bits per heavy atom. The van der Waals surface area contributed by atoms with Gasteiger partial charge in [0.25, 0.3) is 11.5 Å². The van der Waals surface area contributed by atoms with Crippen molar-refractivity contribution in [1.82, 2.24) is 14.6 Å². The number of fused-ring (bicyclic) bond motifs is 2. The molecule has 0 atom stereocenters. The van der Waals surface area contributed by atoms with Gasteiger partial charge in [0.05, 0.1) is 11.3 Å². The van der Waals surface area contributed by atoms with Crippen molar-refractivity contribution >= 4 is 33.5 Å². The molecule has 1 aliphatic rings. The molecule has 1 amide bonds. The van der Waals surface area contributed by atoms with Gasteiger partial charge >= 0.3 is 0 Å². The molecule has 0 fully saturated rings. The molecular weight excluding hydrogens is 384 g/mol. The maximum Gasteiger partial charge on any atom is 0.291 e. The van der Waals surface area contributed by atoms with Crippen LogP contribution in [0.25, 0.3) is 21.9 Å². The number of hydrogen-bond acceptors (Lipinski definition) is 5. The number of thiazole rings is 1. The first-order valence-corrected chi connectivity index (χ1v) is 9.93. The van der Waals surface area contributed by atoms with E-state index < -0.39 is 0 Å². The SMILES string of the molecule is C=CCN1C(=O)/C(=c2/sc3nc(-c4cccc(C)c4)nn3c2=O)c2ccccc21. The van der Waals surface area contributed by atoms with E-state index in [9.17, 15) is 9.59 Å². The Hall–Kier alpha value is -3.58. The standard InChI is InChI=1S/C22H16N4O2S/c1-3-11-25-16-10-5-4-9-15(16)17(20(25)27)18-21(28)26-22(29-18)23-19(24-26)14-8-6-7-13(2)12-14/h3-10,12H,1,11H2,2H3/b18-17+. The number of carbonyl (C=O) groups is 1. The van der Waals surface area contributed by atoms with Crippen LogP contribution >= 0.6 is 11.3 Å². The zero-order chi connectivity index (χ0) is 20.1. The lowest BCUT2D eigenvalue weighted by molar-refractivity contribution is -0.112. The van der Waals surface area contributed by atoms with E-state index in [-0.39, 0.29) is 11.5 Å². The van der Waals surface area contributed by atoms with Gasteiger partial charge in [-0.3, -0.25) is 9.59 Å². The lowest BCUT2D eigenvalue weighted by atomic mass is 10.1. The maximum atomic E-state index is 13.1. The van der Waals surface area contributed by atoms with Crippen molar-refractivity contribution in [3.05, 3.63) is 87.2 Å². The molecule has 0 saturated heterocycles. The maximum absolute atomic E-state index is 13.1. The second kappa shape index (κ2) is 6.49. The molecule has 0 unspecified atom stereocenters. The summed E-state index contributed by atoms with van der Waals surface area (Å²) in [4.78, 5) is 32.8. The number of aryl methyl sites for hydroxylation is 1. The summed E-state index contributed by atoms with van der Waals surface area (Å²) < 4.78 is 1.65. The zero-order valence-electron chi connectivity index (χ0n) is 15.6. The smallest absolute Gasteiger partial charge is 0.291 e. The topological polar surface area (TPSA) is 67.6 Å². The molecule has 7 heteroatoms. The van der Waals surface area contributed by atoms with Crippen molar-refractivity contribution < 1.29 is 4.79 Å². The molecule has 6 nitrogen and oxygen atoms in total. The van der Waals surface area contributed by atoms with Crippen LogP contribution in [0.5, 0.6) is 0 Å². The number of benzene rings is 2. The first kappa shape index (κ1) is 17.5. The van der Waals surface area contributed by atoms with Gasteiger partial charge in [-0.2, -0.15) is 9.50 Å². The molecule has 142 valence electrons. The summed E-state index contributed by atoms with van der Waals surface area (Å²) >= 11 is 1.19. The van der Waals surface area contributed by atoms with Crippen molar-refractivity contribution in [3.63, 3.8) is 0 Å². The number of rotatable bonds is 3. The second-order valence-electron chi connectivity index (χ2n) is 6.83. The van der Waals surface area contributed by atoms with Gasteiger partial charge in [-0.25, -0.2) is 0 Å². The molecular formula is C22H16N4O2S. The third-order valence-electron chi connectivity index (χ3n) is 4.90. The summed E-state index contributed by atoms with van der Waals surface area (Å²) in [5.74, 6) is 0.298. The fourth-order valence-corrected chi connectivity index (χ4v) is 4.60. The molecule has 0 radical (unpaired) electrons. The van der Waals surface area contributed by atoms with Gasteiger partial charge in [0, 0.05) is 17.7 Å². The highest BCUT2D eigenvalue weighted by Gasteiger charge is 2.33. The largest absolute Gasteiger partial charge is 0.304 e. The van der Waals surface area contributed by atoms with Gasteiger partial charge in [-0.15, -0.1) is 11.7 Å². The van der Waals surface area contributed by atoms with Crippen LogP contribution in [0.2, 0.25) is 0 Å². The summed E-state index contributed by atoms with van der Waals surface area (Å²) in [6.45, 7) is 6.11. The summed E-state index contributed by atoms with van der Waals surface area (Å²) in [5.41, 5.74) is 3.56. The third kappa shape index (κ3) is 2.62. The minimum absolute atomic E-state index is 0.202. The number of anilines is 1. The molecule has 4 aromatic rings. The van der Waals surface area contributed by atoms with Crippen molar-refractivity contribution in [3.8, 4) is 11.4 Å². The molecule has 3 heterocycles. The fraction of sp³-hybridized carbons (Fsp3) is 0.0909. The minimum atomic E-state index is -0.324. The molecule has 2 aromatic carbocycles. The van der Waals surface area contributed by atoms with E-state index in [1.54, 1.807) is 11.0 Å². The number of amides is 1. The number of aromatic nitrogens is 3. The first-order chi connectivity index (χ1) is 14.1. The van der Waals surface area contributed by atoms with Gasteiger partial charge in [0.15, 0.2) is 5.82 Å². The second-order valence-corrected chi connectivity index (χ2v) is 7.81. The lowest BCUT2D eigenvalue weighted by Crippen LogP contribution is -2.32. The summed E-state index contributed by atoms with van der Waals surface area (Å²) in [5, 5.41) is 4.40. The van der Waals surface area contributed by atoms with Gasteiger partial charge in [-0.1, -0.05) is 59.4 Å². The highest BCUT2D eigenvalue weighted by Crippen LogP contribution is 2.35. The number of nitrogens with zero attached hydrogens (tertiary/aromatic N) is 4. The van der Waals surface area contributed by atoms with Crippen molar-refractivity contribution in [2.75, 3.05) is 11.4 Å². The average Bonchev–Trinajstić information content (AvgIpc) is 3.34. The summed E-state index contributed by atoms with van der Waals surface area (Å²) in [6.07, 6.45) is 1.67. The van der Waals surface area contributed by atoms with Gasteiger partial charge in [0.2, 0.25) is 4.96 Å². The van der Waals surface area contributed by atoms with E-state index in [1.165, 1.54) is 15.9 Å². The molecule has 0 saturated carbocycles. The lowest BCUT2D eigenvalue weighted by Gasteiger charge is -2.13. The molecule has 0 bridgehead atoms. The predicted molar refractivity (Wildman–Crippen MR) is 114 cm³/mol. The number of para-hydroxylation sites is 1. The van der Waals surface area contributed by atoms with E-state index in [0.717, 1.165) is 22.4 Å². The summed E-state index contributed by atoms with van der Waals surface area (Å²) in [7, 11) is 0. The third-order valence-corrected chi connectivity index (χ3v) is 5.93. The Morgan fingerprint density at radius 2 is 1.97 bits per heavy atom. The predicted octanol–water partition coefficient (Wildman–Crippen LogP) is 2.58. The zero-order valence-corrected chi connectivity index (χ0v) is 16.4. The Balaban J connectivity index is 1.73. The van der Waals surface area contributed by atoms with Crippen LogP contribution in [0.4, 0.5) is 5.69 Å². The van der Waals surface area contributed by atoms with Crippen LogP contribution in [0.1, 0.15) is 11.1 Å².